The van der Waals surface area contributed by atoms with Gasteiger partial charge in [0.1, 0.15) is 18.8 Å². The second kappa shape index (κ2) is 10.5. The average molecular weight is 436 g/mol. The molecule has 1 saturated heterocycles. The number of carbonyl (C=O) groups excluding carboxylic acids is 2. The summed E-state index contributed by atoms with van der Waals surface area (Å²) in [5.41, 5.74) is 1.43. The first-order chi connectivity index (χ1) is 15.7. The fourth-order valence-corrected chi connectivity index (χ4v) is 3.60. The molecule has 1 N–H and O–H groups in total. The Morgan fingerprint density at radius 1 is 1.22 bits per heavy atom. The van der Waals surface area contributed by atoms with Crippen molar-refractivity contribution in [1.82, 2.24) is 30.3 Å². The number of nitrogens with one attached hydrogen (secondary N) is 1. The van der Waals surface area contributed by atoms with Gasteiger partial charge >= 0.3 is 6.09 Å². The fraction of sp³-hybridized carbons (Fsp3) is 0.364. The highest BCUT2D eigenvalue weighted by Gasteiger charge is 2.26. The molecule has 0 saturated carbocycles. The quantitative estimate of drug-likeness (QED) is 0.598. The van der Waals surface area contributed by atoms with Gasteiger partial charge in [-0.3, -0.25) is 9.78 Å². The van der Waals surface area contributed by atoms with Crippen LogP contribution in [-0.2, 0) is 22.6 Å². The molecule has 0 spiro atoms. The molecule has 4 rings (SSSR count). The molecule has 0 radical (unpaired) electrons. The molecule has 10 nitrogen and oxygen atoms in total. The van der Waals surface area contributed by atoms with Gasteiger partial charge in [0, 0.05) is 31.9 Å². The van der Waals surface area contributed by atoms with Gasteiger partial charge in [0.2, 0.25) is 17.6 Å². The average Bonchev–Trinajstić information content (AvgIpc) is 3.31. The summed E-state index contributed by atoms with van der Waals surface area (Å²) in [6, 6.07) is 9.37. The molecule has 1 aliphatic heterocycles. The molecule has 32 heavy (non-hydrogen) atoms. The summed E-state index contributed by atoms with van der Waals surface area (Å²) >= 11 is 0. The molecular weight excluding hydrogens is 412 g/mol. The first-order valence-corrected chi connectivity index (χ1v) is 10.5. The number of benzene rings is 1. The maximum Gasteiger partial charge on any atom is 0.407 e. The van der Waals surface area contributed by atoms with Gasteiger partial charge in [0.15, 0.2) is 0 Å². The third-order valence-corrected chi connectivity index (χ3v) is 5.19. The van der Waals surface area contributed by atoms with Crippen molar-refractivity contribution in [1.29, 1.82) is 0 Å². The third-order valence-electron chi connectivity index (χ3n) is 5.19. The molecule has 2 aromatic heterocycles. The van der Waals surface area contributed by atoms with Crippen LogP contribution in [0.25, 0.3) is 11.5 Å². The lowest BCUT2D eigenvalue weighted by atomic mass is 9.94. The van der Waals surface area contributed by atoms with Crippen LogP contribution in [0.3, 0.4) is 0 Å². The predicted molar refractivity (Wildman–Crippen MR) is 113 cm³/mol. The summed E-state index contributed by atoms with van der Waals surface area (Å²) in [5, 5.41) is 6.49. The van der Waals surface area contributed by atoms with Crippen LogP contribution < -0.4 is 5.32 Å². The Morgan fingerprint density at radius 3 is 2.91 bits per heavy atom. The maximum atomic E-state index is 12.6. The number of ether oxygens (including phenoxy) is 1. The number of hydrogen-bond donors (Lipinski definition) is 1. The van der Waals surface area contributed by atoms with E-state index in [4.69, 9.17) is 9.26 Å². The summed E-state index contributed by atoms with van der Waals surface area (Å²) in [6.07, 6.45) is 6.52. The second-order valence-corrected chi connectivity index (χ2v) is 7.57. The van der Waals surface area contributed by atoms with Crippen molar-refractivity contribution in [3.8, 4) is 11.5 Å². The van der Waals surface area contributed by atoms with Crippen molar-refractivity contribution in [3.05, 3.63) is 60.4 Å². The monoisotopic (exact) mass is 436 g/mol. The molecule has 1 aromatic carbocycles. The molecule has 3 heterocycles. The molecule has 1 atom stereocenters. The minimum atomic E-state index is -0.613. The maximum absolute atomic E-state index is 12.6. The first kappa shape index (κ1) is 21.4. The molecule has 166 valence electrons. The number of aromatic nitrogens is 4. The Morgan fingerprint density at radius 2 is 2.09 bits per heavy atom. The summed E-state index contributed by atoms with van der Waals surface area (Å²) in [7, 11) is 0. The van der Waals surface area contributed by atoms with Crippen molar-refractivity contribution in [2.24, 2.45) is 5.92 Å². The van der Waals surface area contributed by atoms with Crippen molar-refractivity contribution in [2.45, 2.75) is 25.9 Å². The van der Waals surface area contributed by atoms with E-state index in [-0.39, 0.29) is 25.0 Å². The van der Waals surface area contributed by atoms with E-state index in [0.717, 1.165) is 18.4 Å². The Bertz CT molecular complexity index is 1030. The van der Waals surface area contributed by atoms with Gasteiger partial charge in [-0.2, -0.15) is 4.98 Å². The lowest BCUT2D eigenvalue weighted by Crippen LogP contribution is -2.45. The van der Waals surface area contributed by atoms with Gasteiger partial charge in [0.25, 0.3) is 0 Å². The number of likely N-dealkylation sites (tertiary alicyclic amines) is 1. The zero-order valence-electron chi connectivity index (χ0n) is 17.5. The first-order valence-electron chi connectivity index (χ1n) is 10.5. The van der Waals surface area contributed by atoms with Crippen molar-refractivity contribution >= 4 is 12.0 Å². The van der Waals surface area contributed by atoms with Crippen molar-refractivity contribution < 1.29 is 18.8 Å². The summed E-state index contributed by atoms with van der Waals surface area (Å²) < 4.78 is 10.5. The van der Waals surface area contributed by atoms with Crippen molar-refractivity contribution in [2.75, 3.05) is 19.6 Å². The van der Waals surface area contributed by atoms with Crippen LogP contribution >= 0.6 is 0 Å². The van der Waals surface area contributed by atoms with E-state index in [1.807, 2.05) is 30.3 Å². The molecule has 3 aromatic rings. The number of alkyl carbamates (subject to hydrolysis) is 1. The normalized spacial score (nSPS) is 15.9. The molecule has 0 aliphatic carbocycles. The van der Waals surface area contributed by atoms with E-state index in [9.17, 15) is 9.59 Å². The fourth-order valence-electron chi connectivity index (χ4n) is 3.60. The Labute approximate surface area is 185 Å². The zero-order chi connectivity index (χ0) is 22.2. The van der Waals surface area contributed by atoms with Crippen LogP contribution in [0, 0.1) is 5.92 Å². The minimum absolute atomic E-state index is 0.0995. The SMILES string of the molecule is O=C(NCC(=O)N1CCCC(Cc2nc(-c3cnccn3)no2)C1)OCc1ccccc1. The molecule has 2 amide bonds. The highest BCUT2D eigenvalue weighted by molar-refractivity contribution is 5.82. The number of nitrogens with zero attached hydrogens (tertiary/aromatic N) is 5. The van der Waals surface area contributed by atoms with E-state index in [1.165, 1.54) is 0 Å². The summed E-state index contributed by atoms with van der Waals surface area (Å²) in [6.45, 7) is 1.29. The largest absolute Gasteiger partial charge is 0.445 e. The number of amides is 2. The topological polar surface area (TPSA) is 123 Å². The third kappa shape index (κ3) is 5.87. The van der Waals surface area contributed by atoms with Crippen molar-refractivity contribution in [3.63, 3.8) is 0 Å². The molecule has 1 fully saturated rings. The number of carbonyl (C=O) groups is 2. The highest BCUT2D eigenvalue weighted by Crippen LogP contribution is 2.21. The van der Waals surface area contributed by atoms with Crippen LogP contribution in [0.15, 0.2) is 53.4 Å². The van der Waals surface area contributed by atoms with Gasteiger partial charge in [-0.05, 0) is 24.3 Å². The summed E-state index contributed by atoms with van der Waals surface area (Å²) in [4.78, 5) is 38.8. The Kier molecular flexibility index (Phi) is 7.01. The standard InChI is InChI=1S/C22H24N6O4/c29-20(13-25-22(30)31-15-16-5-2-1-3-6-16)28-10-4-7-17(14-28)11-19-26-21(27-32-19)18-12-23-8-9-24-18/h1-3,5-6,8-9,12,17H,4,7,10-11,13-15H2,(H,25,30). The van der Waals surface area contributed by atoms with Crippen LogP contribution in [0.1, 0.15) is 24.3 Å². The second-order valence-electron chi connectivity index (χ2n) is 7.57. The lowest BCUT2D eigenvalue weighted by molar-refractivity contribution is -0.132. The van der Waals surface area contributed by atoms with Crippen LogP contribution in [0.2, 0.25) is 0 Å². The zero-order valence-corrected chi connectivity index (χ0v) is 17.5. The molecule has 1 unspecified atom stereocenters. The molecule has 1 aliphatic rings. The van der Waals surface area contributed by atoms with E-state index < -0.39 is 6.09 Å². The van der Waals surface area contributed by atoms with Crippen LogP contribution in [0.5, 0.6) is 0 Å². The van der Waals surface area contributed by atoms with Gasteiger partial charge < -0.3 is 19.5 Å². The molecule has 10 heteroatoms. The van der Waals surface area contributed by atoms with E-state index in [0.29, 0.717) is 36.9 Å². The summed E-state index contributed by atoms with van der Waals surface area (Å²) in [5.74, 6) is 0.965. The van der Waals surface area contributed by atoms with E-state index >= 15 is 0 Å². The van der Waals surface area contributed by atoms with Gasteiger partial charge in [-0.1, -0.05) is 35.5 Å². The Balaban J connectivity index is 1.22. The van der Waals surface area contributed by atoms with E-state index in [1.54, 1.807) is 23.5 Å². The number of hydrogen-bond acceptors (Lipinski definition) is 8. The van der Waals surface area contributed by atoms with Crippen LogP contribution in [0.4, 0.5) is 4.79 Å². The molecular formula is C22H24N6O4. The van der Waals surface area contributed by atoms with E-state index in [2.05, 4.69) is 25.4 Å². The number of piperidine rings is 1. The lowest BCUT2D eigenvalue weighted by Gasteiger charge is -2.32. The van der Waals surface area contributed by atoms with Gasteiger partial charge in [0.05, 0.1) is 6.20 Å². The van der Waals surface area contributed by atoms with Crippen LogP contribution in [-0.4, -0.2) is 56.6 Å². The predicted octanol–water partition coefficient (Wildman–Crippen LogP) is 2.23. The van der Waals surface area contributed by atoms with Gasteiger partial charge in [-0.25, -0.2) is 9.78 Å². The minimum Gasteiger partial charge on any atom is -0.445 e. The highest BCUT2D eigenvalue weighted by atomic mass is 16.5. The smallest absolute Gasteiger partial charge is 0.407 e. The number of rotatable bonds is 7. The van der Waals surface area contributed by atoms with Gasteiger partial charge in [-0.15, -0.1) is 0 Å². The molecule has 0 bridgehead atoms. The Hall–Kier alpha value is -3.82.